The number of aliphatic carboxylic acids is 1. The number of hydrogen-bond acceptors (Lipinski definition) is 3. The van der Waals surface area contributed by atoms with Crippen molar-refractivity contribution in [3.8, 4) is 0 Å². The van der Waals surface area contributed by atoms with Crippen LogP contribution in [-0.4, -0.2) is 19.5 Å². The Balaban J connectivity index is 2.35. The molecule has 0 amide bonds. The van der Waals surface area contributed by atoms with Crippen LogP contribution in [0.15, 0.2) is 40.8 Å². The number of allylic oxidation sites excluding steroid dienone is 1. The first-order valence-electron chi connectivity index (χ1n) is 6.23. The molecular formula is C14H16O4S. The molecule has 5 heteroatoms. The lowest BCUT2D eigenvalue weighted by Crippen LogP contribution is -2.17. The van der Waals surface area contributed by atoms with Gasteiger partial charge >= 0.3 is 5.97 Å². The summed E-state index contributed by atoms with van der Waals surface area (Å²) < 4.78 is 24.7. The Morgan fingerprint density at radius 2 is 1.74 bits per heavy atom. The van der Waals surface area contributed by atoms with E-state index in [1.54, 1.807) is 24.3 Å². The Kier molecular flexibility index (Phi) is 4.04. The number of carboxylic acid groups (broad SMARTS) is 1. The maximum Gasteiger partial charge on any atom is 0.332 e. The Morgan fingerprint density at radius 3 is 2.37 bits per heavy atom. The molecule has 0 saturated carbocycles. The summed E-state index contributed by atoms with van der Waals surface area (Å²) in [6.45, 7) is 0. The lowest BCUT2D eigenvalue weighted by Gasteiger charge is -2.17. The molecule has 1 aliphatic carbocycles. The molecule has 0 unspecified atom stereocenters. The number of benzene rings is 1. The van der Waals surface area contributed by atoms with E-state index in [0.29, 0.717) is 18.4 Å². The second kappa shape index (κ2) is 5.57. The molecule has 19 heavy (non-hydrogen) atoms. The van der Waals surface area contributed by atoms with Gasteiger partial charge in [0.1, 0.15) is 0 Å². The first-order chi connectivity index (χ1) is 9.00. The van der Waals surface area contributed by atoms with Crippen molar-refractivity contribution in [1.29, 1.82) is 0 Å². The molecule has 0 fully saturated rings. The Bertz CT molecular complexity index is 600. The predicted molar refractivity (Wildman–Crippen MR) is 72.2 cm³/mol. The van der Waals surface area contributed by atoms with Crippen LogP contribution in [-0.2, 0) is 20.4 Å². The van der Waals surface area contributed by atoms with Crippen LogP contribution in [0.25, 0.3) is 0 Å². The van der Waals surface area contributed by atoms with Gasteiger partial charge in [-0.1, -0.05) is 30.3 Å². The van der Waals surface area contributed by atoms with Crippen molar-refractivity contribution in [3.63, 3.8) is 0 Å². The molecular weight excluding hydrogens is 264 g/mol. The van der Waals surface area contributed by atoms with Gasteiger partial charge in [0.05, 0.1) is 16.2 Å². The van der Waals surface area contributed by atoms with Crippen molar-refractivity contribution in [2.45, 2.75) is 31.4 Å². The zero-order valence-electron chi connectivity index (χ0n) is 10.5. The molecule has 0 spiro atoms. The molecule has 4 nitrogen and oxygen atoms in total. The van der Waals surface area contributed by atoms with Gasteiger partial charge in [0.25, 0.3) is 0 Å². The Morgan fingerprint density at radius 1 is 1.11 bits per heavy atom. The average Bonchev–Trinajstić information content (AvgIpc) is 2.39. The normalized spacial score (nSPS) is 16.4. The molecule has 0 heterocycles. The summed E-state index contributed by atoms with van der Waals surface area (Å²) in [6.07, 6.45) is 2.17. The van der Waals surface area contributed by atoms with E-state index >= 15 is 0 Å². The average molecular weight is 280 g/mol. The fourth-order valence-corrected chi connectivity index (χ4v) is 4.15. The second-order valence-corrected chi connectivity index (χ2v) is 6.67. The quantitative estimate of drug-likeness (QED) is 0.920. The van der Waals surface area contributed by atoms with Crippen LogP contribution in [0.1, 0.15) is 31.2 Å². The van der Waals surface area contributed by atoms with Crippen LogP contribution in [0.4, 0.5) is 0 Å². The highest BCUT2D eigenvalue weighted by molar-refractivity contribution is 7.94. The molecule has 1 N–H and O–H groups in total. The van der Waals surface area contributed by atoms with Gasteiger partial charge in [-0.05, 0) is 31.2 Å². The van der Waals surface area contributed by atoms with E-state index in [4.69, 9.17) is 5.11 Å². The molecule has 0 aliphatic heterocycles. The molecule has 0 atom stereocenters. The van der Waals surface area contributed by atoms with Crippen LogP contribution in [0, 0.1) is 0 Å². The molecule has 0 radical (unpaired) electrons. The maximum atomic E-state index is 12.3. The second-order valence-electron chi connectivity index (χ2n) is 4.66. The third kappa shape index (κ3) is 3.23. The van der Waals surface area contributed by atoms with E-state index in [2.05, 4.69) is 0 Å². The zero-order valence-corrected chi connectivity index (χ0v) is 11.3. The summed E-state index contributed by atoms with van der Waals surface area (Å²) in [5.41, 5.74) is 0.757. The highest BCUT2D eigenvalue weighted by Crippen LogP contribution is 2.30. The first kappa shape index (κ1) is 13.8. The van der Waals surface area contributed by atoms with Crippen LogP contribution < -0.4 is 0 Å². The predicted octanol–water partition coefficient (Wildman–Crippen LogP) is 2.51. The highest BCUT2D eigenvalue weighted by Gasteiger charge is 2.28. The largest absolute Gasteiger partial charge is 0.478 e. The van der Waals surface area contributed by atoms with Crippen molar-refractivity contribution < 1.29 is 18.3 Å². The molecule has 1 aliphatic rings. The van der Waals surface area contributed by atoms with Gasteiger partial charge < -0.3 is 5.11 Å². The monoisotopic (exact) mass is 280 g/mol. The van der Waals surface area contributed by atoms with Crippen molar-refractivity contribution in [3.05, 3.63) is 46.4 Å². The van der Waals surface area contributed by atoms with Crippen molar-refractivity contribution in [1.82, 2.24) is 0 Å². The minimum absolute atomic E-state index is 0.0715. The van der Waals surface area contributed by atoms with Gasteiger partial charge in [-0.2, -0.15) is 0 Å². The van der Waals surface area contributed by atoms with E-state index in [9.17, 15) is 13.2 Å². The van der Waals surface area contributed by atoms with E-state index in [0.717, 1.165) is 12.8 Å². The summed E-state index contributed by atoms with van der Waals surface area (Å²) in [7, 11) is -3.53. The molecule has 0 bridgehead atoms. The van der Waals surface area contributed by atoms with Gasteiger partial charge in [-0.15, -0.1) is 0 Å². The van der Waals surface area contributed by atoms with Gasteiger partial charge in [-0.25, -0.2) is 13.2 Å². The number of rotatable bonds is 4. The summed E-state index contributed by atoms with van der Waals surface area (Å²) in [4.78, 5) is 11.3. The van der Waals surface area contributed by atoms with E-state index in [-0.39, 0.29) is 16.2 Å². The van der Waals surface area contributed by atoms with Gasteiger partial charge in [0, 0.05) is 0 Å². The maximum absolute atomic E-state index is 12.3. The third-order valence-corrected chi connectivity index (χ3v) is 5.17. The van der Waals surface area contributed by atoms with E-state index in [1.165, 1.54) is 0 Å². The molecule has 0 aromatic heterocycles. The molecule has 1 aromatic rings. The summed E-state index contributed by atoms with van der Waals surface area (Å²) in [6, 6.07) is 8.85. The molecule has 0 saturated heterocycles. The van der Waals surface area contributed by atoms with E-state index in [1.807, 2.05) is 6.07 Å². The highest BCUT2D eigenvalue weighted by atomic mass is 32.2. The lowest BCUT2D eigenvalue weighted by molar-refractivity contribution is -0.132. The zero-order chi connectivity index (χ0) is 13.9. The lowest BCUT2D eigenvalue weighted by atomic mass is 9.99. The minimum atomic E-state index is -3.53. The molecule has 1 aromatic carbocycles. The van der Waals surface area contributed by atoms with Crippen LogP contribution in [0.3, 0.4) is 0 Å². The summed E-state index contributed by atoms with van der Waals surface area (Å²) in [5, 5.41) is 9.12. The number of hydrogen-bond donors (Lipinski definition) is 1. The van der Waals surface area contributed by atoms with Gasteiger partial charge in [0.2, 0.25) is 0 Å². The SMILES string of the molecule is O=C(O)C1=C(S(=O)(=O)Cc2ccccc2)CCCC1. The van der Waals surface area contributed by atoms with Crippen molar-refractivity contribution in [2.24, 2.45) is 0 Å². The Hall–Kier alpha value is -1.62. The van der Waals surface area contributed by atoms with Gasteiger partial charge in [-0.3, -0.25) is 0 Å². The van der Waals surface area contributed by atoms with Crippen molar-refractivity contribution in [2.75, 3.05) is 0 Å². The number of carboxylic acids is 1. The summed E-state index contributed by atoms with van der Waals surface area (Å²) in [5.74, 6) is -1.23. The number of carbonyl (C=O) groups is 1. The van der Waals surface area contributed by atoms with Crippen LogP contribution >= 0.6 is 0 Å². The Labute approximate surface area is 112 Å². The third-order valence-electron chi connectivity index (χ3n) is 3.25. The van der Waals surface area contributed by atoms with Crippen LogP contribution in [0.2, 0.25) is 0 Å². The summed E-state index contributed by atoms with van der Waals surface area (Å²) >= 11 is 0. The topological polar surface area (TPSA) is 71.4 Å². The van der Waals surface area contributed by atoms with Gasteiger partial charge in [0.15, 0.2) is 9.84 Å². The number of sulfone groups is 1. The van der Waals surface area contributed by atoms with Crippen molar-refractivity contribution >= 4 is 15.8 Å². The molecule has 2 rings (SSSR count). The smallest absolute Gasteiger partial charge is 0.332 e. The fraction of sp³-hybridized carbons (Fsp3) is 0.357. The van der Waals surface area contributed by atoms with E-state index < -0.39 is 15.8 Å². The van der Waals surface area contributed by atoms with Crippen LogP contribution in [0.5, 0.6) is 0 Å². The minimum Gasteiger partial charge on any atom is -0.478 e. The first-order valence-corrected chi connectivity index (χ1v) is 7.88. The standard InChI is InChI=1S/C14H16O4S/c15-14(16)12-8-4-5-9-13(12)19(17,18)10-11-6-2-1-3-7-11/h1-3,6-7H,4-5,8-10H2,(H,15,16). The molecule has 102 valence electrons. The fourth-order valence-electron chi connectivity index (χ4n) is 2.33.